The third kappa shape index (κ3) is 5.28. The first kappa shape index (κ1) is 17.8. The van der Waals surface area contributed by atoms with Gasteiger partial charge in [0.15, 0.2) is 0 Å². The number of hydrazine groups is 1. The number of rotatable bonds is 5. The summed E-state index contributed by atoms with van der Waals surface area (Å²) in [6.07, 6.45) is 0. The Morgan fingerprint density at radius 1 is 1.17 bits per heavy atom. The molecule has 0 saturated carbocycles. The first-order valence-electron chi connectivity index (χ1n) is 7.27. The van der Waals surface area contributed by atoms with Gasteiger partial charge in [-0.15, -0.1) is 11.3 Å². The number of amides is 3. The molecule has 1 heterocycles. The van der Waals surface area contributed by atoms with Gasteiger partial charge in [0.2, 0.25) is 0 Å². The van der Waals surface area contributed by atoms with Crippen LogP contribution in [0.5, 0.6) is 0 Å². The molecule has 0 spiro atoms. The number of nitrogens with one attached hydrogen (secondary N) is 3. The number of fused-ring (bicyclic) bond motifs is 1. The molecule has 9 heteroatoms. The molecule has 24 heavy (non-hydrogen) atoms. The van der Waals surface area contributed by atoms with Crippen molar-refractivity contribution >= 4 is 39.3 Å². The average Bonchev–Trinajstić information content (AvgIpc) is 2.94. The van der Waals surface area contributed by atoms with Gasteiger partial charge in [0.1, 0.15) is 11.6 Å². The zero-order valence-corrected chi connectivity index (χ0v) is 14.1. The van der Waals surface area contributed by atoms with Gasteiger partial charge >= 0.3 is 11.8 Å². The van der Waals surface area contributed by atoms with Crippen molar-refractivity contribution in [3.05, 3.63) is 29.3 Å². The second-order valence-electron chi connectivity index (χ2n) is 5.20. The number of nitrogens with zero attached hydrogens (tertiary/aromatic N) is 1. The molecule has 0 fully saturated rings. The predicted molar refractivity (Wildman–Crippen MR) is 88.8 cm³/mol. The molecule has 0 atom stereocenters. The number of para-hydroxylation sites is 1. The molecular formula is C15H18N4O4S. The Bertz CT molecular complexity index is 711. The molecule has 1 aromatic carbocycles. The summed E-state index contributed by atoms with van der Waals surface area (Å²) in [5, 5.41) is 3.16. The highest BCUT2D eigenvalue weighted by Crippen LogP contribution is 2.21. The summed E-state index contributed by atoms with van der Waals surface area (Å²) < 4.78 is 6.30. The van der Waals surface area contributed by atoms with Crippen molar-refractivity contribution in [1.29, 1.82) is 0 Å². The molecule has 128 valence electrons. The highest BCUT2D eigenvalue weighted by Gasteiger charge is 2.15. The highest BCUT2D eigenvalue weighted by molar-refractivity contribution is 7.18. The second-order valence-corrected chi connectivity index (χ2v) is 6.31. The topological polar surface area (TPSA) is 109 Å². The van der Waals surface area contributed by atoms with Crippen LogP contribution in [0.2, 0.25) is 0 Å². The average molecular weight is 350 g/mol. The van der Waals surface area contributed by atoms with Crippen molar-refractivity contribution in [1.82, 2.24) is 21.2 Å². The van der Waals surface area contributed by atoms with Crippen LogP contribution in [-0.2, 0) is 25.7 Å². The van der Waals surface area contributed by atoms with Crippen molar-refractivity contribution in [3.63, 3.8) is 0 Å². The molecule has 2 rings (SSSR count). The van der Waals surface area contributed by atoms with Crippen LogP contribution in [-0.4, -0.2) is 35.4 Å². The SMILES string of the molecule is CC(C)NC(=O)C(=O)NNC(=O)COCc1nc2ccccc2s1. The van der Waals surface area contributed by atoms with Crippen molar-refractivity contribution in [2.75, 3.05) is 6.61 Å². The van der Waals surface area contributed by atoms with Gasteiger partial charge in [-0.05, 0) is 26.0 Å². The fourth-order valence-electron chi connectivity index (χ4n) is 1.76. The van der Waals surface area contributed by atoms with Crippen molar-refractivity contribution in [3.8, 4) is 0 Å². The Balaban J connectivity index is 1.69. The fourth-order valence-corrected chi connectivity index (χ4v) is 2.66. The van der Waals surface area contributed by atoms with E-state index in [-0.39, 0.29) is 19.3 Å². The van der Waals surface area contributed by atoms with Gasteiger partial charge in [0, 0.05) is 6.04 Å². The monoisotopic (exact) mass is 350 g/mol. The van der Waals surface area contributed by atoms with Crippen LogP contribution in [0.15, 0.2) is 24.3 Å². The van der Waals surface area contributed by atoms with Gasteiger partial charge < -0.3 is 10.1 Å². The third-order valence-corrected chi connectivity index (χ3v) is 3.75. The Labute approximate surface area is 142 Å². The lowest BCUT2D eigenvalue weighted by molar-refractivity contribution is -0.141. The Kier molecular flexibility index (Phi) is 6.21. The number of aromatic nitrogens is 1. The zero-order valence-electron chi connectivity index (χ0n) is 13.3. The van der Waals surface area contributed by atoms with E-state index in [1.165, 1.54) is 11.3 Å². The molecule has 0 aliphatic rings. The minimum atomic E-state index is -0.941. The van der Waals surface area contributed by atoms with Crippen LogP contribution in [0.3, 0.4) is 0 Å². The number of benzene rings is 1. The van der Waals surface area contributed by atoms with Crippen molar-refractivity contribution < 1.29 is 19.1 Å². The van der Waals surface area contributed by atoms with Crippen LogP contribution >= 0.6 is 11.3 Å². The fraction of sp³-hybridized carbons (Fsp3) is 0.333. The van der Waals surface area contributed by atoms with E-state index in [0.717, 1.165) is 15.2 Å². The number of hydrogen-bond acceptors (Lipinski definition) is 6. The van der Waals surface area contributed by atoms with Gasteiger partial charge in [-0.25, -0.2) is 4.98 Å². The molecule has 8 nitrogen and oxygen atoms in total. The lowest BCUT2D eigenvalue weighted by atomic mass is 10.3. The van der Waals surface area contributed by atoms with E-state index < -0.39 is 17.7 Å². The molecule has 1 aromatic heterocycles. The van der Waals surface area contributed by atoms with Gasteiger partial charge in [0.25, 0.3) is 5.91 Å². The molecule has 0 bridgehead atoms. The second kappa shape index (κ2) is 8.37. The lowest BCUT2D eigenvalue weighted by Gasteiger charge is -2.09. The Morgan fingerprint density at radius 2 is 1.92 bits per heavy atom. The van der Waals surface area contributed by atoms with Crippen LogP contribution in [0.1, 0.15) is 18.9 Å². The summed E-state index contributed by atoms with van der Waals surface area (Å²) >= 11 is 1.49. The molecule has 0 radical (unpaired) electrons. The van der Waals surface area contributed by atoms with E-state index in [1.807, 2.05) is 29.7 Å². The normalized spacial score (nSPS) is 10.6. The lowest BCUT2D eigenvalue weighted by Crippen LogP contribution is -2.50. The largest absolute Gasteiger partial charge is 0.364 e. The standard InChI is InChI=1S/C15H18N4O4S/c1-9(2)16-14(21)15(22)19-18-12(20)7-23-8-13-17-10-5-3-4-6-11(10)24-13/h3-6,9H,7-8H2,1-2H3,(H,16,21)(H,18,20)(H,19,22). The van der Waals surface area contributed by atoms with Crippen molar-refractivity contribution in [2.45, 2.75) is 26.5 Å². The Hall–Kier alpha value is -2.52. The van der Waals surface area contributed by atoms with Gasteiger partial charge in [0.05, 0.1) is 16.8 Å². The molecular weight excluding hydrogens is 332 g/mol. The van der Waals surface area contributed by atoms with E-state index in [9.17, 15) is 14.4 Å². The number of carbonyl (C=O) groups excluding carboxylic acids is 3. The highest BCUT2D eigenvalue weighted by atomic mass is 32.1. The van der Waals surface area contributed by atoms with Crippen LogP contribution in [0, 0.1) is 0 Å². The predicted octanol–water partition coefficient (Wildman–Crippen LogP) is 0.485. The summed E-state index contributed by atoms with van der Waals surface area (Å²) in [6, 6.07) is 7.52. The maximum Gasteiger partial charge on any atom is 0.327 e. The molecule has 0 unspecified atom stereocenters. The molecule has 2 aromatic rings. The Morgan fingerprint density at radius 3 is 2.62 bits per heavy atom. The first-order chi connectivity index (χ1) is 11.5. The van der Waals surface area contributed by atoms with E-state index in [2.05, 4.69) is 15.7 Å². The van der Waals surface area contributed by atoms with Crippen molar-refractivity contribution in [2.24, 2.45) is 0 Å². The van der Waals surface area contributed by atoms with Crippen LogP contribution in [0.25, 0.3) is 10.2 Å². The van der Waals surface area contributed by atoms with E-state index in [1.54, 1.807) is 13.8 Å². The third-order valence-electron chi connectivity index (χ3n) is 2.74. The van der Waals surface area contributed by atoms with Crippen LogP contribution < -0.4 is 16.2 Å². The molecule has 3 N–H and O–H groups in total. The van der Waals surface area contributed by atoms with Gasteiger partial charge in [-0.3, -0.25) is 25.2 Å². The maximum absolute atomic E-state index is 11.6. The summed E-state index contributed by atoms with van der Waals surface area (Å²) in [5.41, 5.74) is 5.01. The molecule has 3 amide bonds. The number of thiazole rings is 1. The summed E-state index contributed by atoms with van der Waals surface area (Å²) in [5.74, 6) is -2.33. The summed E-state index contributed by atoms with van der Waals surface area (Å²) in [4.78, 5) is 38.7. The smallest absolute Gasteiger partial charge is 0.327 e. The molecule has 0 aliphatic heterocycles. The summed E-state index contributed by atoms with van der Waals surface area (Å²) in [6.45, 7) is 3.37. The molecule has 0 saturated heterocycles. The first-order valence-corrected chi connectivity index (χ1v) is 8.09. The van der Waals surface area contributed by atoms with Gasteiger partial charge in [-0.1, -0.05) is 12.1 Å². The minimum Gasteiger partial charge on any atom is -0.364 e. The molecule has 0 aliphatic carbocycles. The zero-order chi connectivity index (χ0) is 17.5. The van der Waals surface area contributed by atoms with E-state index in [4.69, 9.17) is 4.74 Å². The quantitative estimate of drug-likeness (QED) is 0.537. The van der Waals surface area contributed by atoms with E-state index >= 15 is 0 Å². The minimum absolute atomic E-state index is 0.170. The number of ether oxygens (including phenoxy) is 1. The van der Waals surface area contributed by atoms with Crippen LogP contribution in [0.4, 0.5) is 0 Å². The van der Waals surface area contributed by atoms with Gasteiger partial charge in [-0.2, -0.15) is 0 Å². The number of carbonyl (C=O) groups is 3. The van der Waals surface area contributed by atoms with E-state index in [0.29, 0.717) is 0 Å². The maximum atomic E-state index is 11.6. The summed E-state index contributed by atoms with van der Waals surface area (Å²) in [7, 11) is 0. The number of hydrogen-bond donors (Lipinski definition) is 3.